The molecule has 3 N–H and O–H groups in total. The Labute approximate surface area is 240 Å². The van der Waals surface area contributed by atoms with Crippen LogP contribution in [0.2, 0.25) is 10.0 Å². The van der Waals surface area contributed by atoms with Crippen molar-refractivity contribution in [2.75, 3.05) is 13.7 Å². The van der Waals surface area contributed by atoms with E-state index >= 15 is 0 Å². The third-order valence-electron chi connectivity index (χ3n) is 6.35. The standard InChI is InChI=1S/C30H33Cl2F2N2O2P/c1-17(18-7-10-20(31)11-8-18)38-25-14-12-21(24(35)16-26(36-5)29(2,3)4)28(37)27(25)19-9-13-23(32)22(15-19)30(33,34)39-6/h7-17,35-37,39H,1-6H3/b26-16-,35-24?. The number of benzene rings is 3. The van der Waals surface area contributed by atoms with Gasteiger partial charge in [0.15, 0.2) is 0 Å². The minimum absolute atomic E-state index is 0.0554. The van der Waals surface area contributed by atoms with Gasteiger partial charge in [0.2, 0.25) is 0 Å². The van der Waals surface area contributed by atoms with Crippen LogP contribution in [0.25, 0.3) is 11.1 Å². The molecule has 3 aromatic carbocycles. The monoisotopic (exact) mass is 592 g/mol. The molecular weight excluding hydrogens is 560 g/mol. The molecule has 0 heterocycles. The summed E-state index contributed by atoms with van der Waals surface area (Å²) in [4.78, 5) is 0. The first-order chi connectivity index (χ1) is 18.2. The number of alkyl halides is 2. The summed E-state index contributed by atoms with van der Waals surface area (Å²) < 4.78 is 35.8. The third-order valence-corrected chi connectivity index (χ3v) is 7.83. The molecule has 3 aromatic rings. The normalized spacial score (nSPS) is 13.5. The van der Waals surface area contributed by atoms with Crippen molar-refractivity contribution in [2.24, 2.45) is 5.41 Å². The lowest BCUT2D eigenvalue weighted by Gasteiger charge is -2.24. The van der Waals surface area contributed by atoms with Crippen molar-refractivity contribution < 1.29 is 18.6 Å². The van der Waals surface area contributed by atoms with Crippen LogP contribution < -0.4 is 10.1 Å². The van der Waals surface area contributed by atoms with Gasteiger partial charge in [-0.15, -0.1) is 0 Å². The van der Waals surface area contributed by atoms with E-state index in [0.29, 0.717) is 10.6 Å². The average Bonchev–Trinajstić information content (AvgIpc) is 2.87. The first kappa shape index (κ1) is 30.9. The summed E-state index contributed by atoms with van der Waals surface area (Å²) >= 11 is 12.2. The molecule has 0 spiro atoms. The zero-order chi connectivity index (χ0) is 29.1. The molecule has 9 heteroatoms. The molecule has 3 rings (SSSR count). The Morgan fingerprint density at radius 1 is 1.08 bits per heavy atom. The summed E-state index contributed by atoms with van der Waals surface area (Å²) in [5, 5.41) is 23.9. The average molecular weight is 593 g/mol. The fourth-order valence-corrected chi connectivity index (χ4v) is 5.02. The molecule has 0 fully saturated rings. The molecule has 0 bridgehead atoms. The Morgan fingerprint density at radius 2 is 1.72 bits per heavy atom. The molecule has 208 valence electrons. The van der Waals surface area contributed by atoms with Crippen LogP contribution in [0.5, 0.6) is 11.5 Å². The van der Waals surface area contributed by atoms with Crippen LogP contribution in [0.4, 0.5) is 8.78 Å². The molecule has 39 heavy (non-hydrogen) atoms. The molecule has 2 unspecified atom stereocenters. The summed E-state index contributed by atoms with van der Waals surface area (Å²) in [6.45, 7) is 9.27. The number of hydrogen-bond acceptors (Lipinski definition) is 4. The fraction of sp³-hybridized carbons (Fsp3) is 0.300. The van der Waals surface area contributed by atoms with Gasteiger partial charge >= 0.3 is 0 Å². The largest absolute Gasteiger partial charge is 0.506 e. The Hall–Kier alpha value is -2.66. The van der Waals surface area contributed by atoms with E-state index in [4.69, 9.17) is 33.3 Å². The van der Waals surface area contributed by atoms with E-state index in [9.17, 15) is 13.9 Å². The van der Waals surface area contributed by atoms with Crippen molar-refractivity contribution in [1.82, 2.24) is 5.32 Å². The van der Waals surface area contributed by atoms with Crippen molar-refractivity contribution in [3.63, 3.8) is 0 Å². The smallest absolute Gasteiger partial charge is 0.287 e. The Morgan fingerprint density at radius 3 is 2.28 bits per heavy atom. The Bertz CT molecular complexity index is 1390. The van der Waals surface area contributed by atoms with Crippen LogP contribution in [-0.4, -0.2) is 24.5 Å². The second-order valence-electron chi connectivity index (χ2n) is 10.1. The van der Waals surface area contributed by atoms with Crippen molar-refractivity contribution >= 4 is 37.5 Å². The summed E-state index contributed by atoms with van der Waals surface area (Å²) in [5.41, 5.74) is -1.33. The lowest BCUT2D eigenvalue weighted by molar-refractivity contribution is 0.101. The quantitative estimate of drug-likeness (QED) is 0.171. The highest BCUT2D eigenvalue weighted by atomic mass is 35.5. The number of aromatic hydroxyl groups is 1. The fourth-order valence-electron chi connectivity index (χ4n) is 4.10. The summed E-state index contributed by atoms with van der Waals surface area (Å²) in [6, 6.07) is 14.6. The third kappa shape index (κ3) is 7.11. The number of rotatable bonds is 9. The van der Waals surface area contributed by atoms with Crippen molar-refractivity contribution in [3.05, 3.63) is 93.1 Å². The zero-order valence-corrected chi connectivity index (χ0v) is 25.2. The van der Waals surface area contributed by atoms with E-state index in [0.717, 1.165) is 11.3 Å². The molecule has 0 aliphatic rings. The number of ether oxygens (including phenoxy) is 1. The number of halogens is 4. The van der Waals surface area contributed by atoms with Gasteiger partial charge in [0.1, 0.15) is 17.6 Å². The molecule has 0 aliphatic heterocycles. The SMILES string of the molecule is CN/C(=C\C(=N)c1ccc(OC(C)c2ccc(Cl)cc2)c(-c2ccc(Cl)c(C(F)(F)PC)c2)c1O)C(C)(C)C. The lowest BCUT2D eigenvalue weighted by atomic mass is 9.89. The van der Waals surface area contributed by atoms with Crippen LogP contribution in [0.1, 0.15) is 50.5 Å². The maximum absolute atomic E-state index is 14.8. The van der Waals surface area contributed by atoms with Crippen LogP contribution in [0, 0.1) is 10.8 Å². The van der Waals surface area contributed by atoms with Gasteiger partial charge in [-0.2, -0.15) is 8.78 Å². The highest BCUT2D eigenvalue weighted by Gasteiger charge is 2.32. The first-order valence-electron chi connectivity index (χ1n) is 12.3. The predicted molar refractivity (Wildman–Crippen MR) is 161 cm³/mol. The van der Waals surface area contributed by atoms with Crippen molar-refractivity contribution in [2.45, 2.75) is 39.5 Å². The maximum Gasteiger partial charge on any atom is 0.287 e. The van der Waals surface area contributed by atoms with E-state index in [-0.39, 0.29) is 44.3 Å². The Balaban J connectivity index is 2.21. The summed E-state index contributed by atoms with van der Waals surface area (Å²) in [7, 11) is 1.07. The number of allylic oxidation sites excluding steroid dienone is 2. The van der Waals surface area contributed by atoms with Crippen LogP contribution in [-0.2, 0) is 5.66 Å². The lowest BCUT2D eigenvalue weighted by Crippen LogP contribution is -2.22. The first-order valence-corrected chi connectivity index (χ1v) is 14.6. The van der Waals surface area contributed by atoms with Gasteiger partial charge < -0.3 is 20.6 Å². The van der Waals surface area contributed by atoms with Gasteiger partial charge in [0.25, 0.3) is 5.66 Å². The number of phenolic OH excluding ortho intramolecular Hbond substituents is 1. The minimum atomic E-state index is -3.14. The highest BCUT2D eigenvalue weighted by molar-refractivity contribution is 7.38. The molecule has 0 aromatic heterocycles. The molecule has 4 nitrogen and oxygen atoms in total. The van der Waals surface area contributed by atoms with E-state index < -0.39 is 20.3 Å². The van der Waals surface area contributed by atoms with E-state index in [1.807, 2.05) is 39.8 Å². The summed E-state index contributed by atoms with van der Waals surface area (Å²) in [5.74, 6) is 0.0210. The van der Waals surface area contributed by atoms with E-state index in [1.165, 1.54) is 18.8 Å². The van der Waals surface area contributed by atoms with Crippen LogP contribution in [0.3, 0.4) is 0 Å². The molecular formula is C30H33Cl2F2N2O2P. The maximum atomic E-state index is 14.8. The van der Waals surface area contributed by atoms with Crippen molar-refractivity contribution in [1.29, 1.82) is 5.41 Å². The summed E-state index contributed by atoms with van der Waals surface area (Å²) in [6.07, 6.45) is 1.20. The number of nitrogens with one attached hydrogen (secondary N) is 2. The molecule has 0 aliphatic carbocycles. The zero-order valence-electron chi connectivity index (χ0n) is 22.7. The van der Waals surface area contributed by atoms with Crippen molar-refractivity contribution in [3.8, 4) is 22.6 Å². The molecule has 0 saturated heterocycles. The highest BCUT2D eigenvalue weighted by Crippen LogP contribution is 2.49. The van der Waals surface area contributed by atoms with Gasteiger partial charge in [-0.25, -0.2) is 0 Å². The molecule has 2 atom stereocenters. The van der Waals surface area contributed by atoms with E-state index in [2.05, 4.69) is 5.32 Å². The van der Waals surface area contributed by atoms with Gasteiger partial charge in [-0.3, -0.25) is 0 Å². The second-order valence-corrected chi connectivity index (χ2v) is 12.1. The Kier molecular flexibility index (Phi) is 9.69. The number of phenols is 1. The van der Waals surface area contributed by atoms with Gasteiger partial charge in [-0.1, -0.05) is 62.2 Å². The van der Waals surface area contributed by atoms with Gasteiger partial charge in [0, 0.05) is 34.3 Å². The van der Waals surface area contributed by atoms with Crippen LogP contribution >= 0.6 is 31.8 Å². The van der Waals surface area contributed by atoms with E-state index in [1.54, 1.807) is 43.5 Å². The molecule has 0 radical (unpaired) electrons. The topological polar surface area (TPSA) is 65.3 Å². The molecule has 0 saturated carbocycles. The second kappa shape index (κ2) is 12.2. The van der Waals surface area contributed by atoms with Gasteiger partial charge in [0.05, 0.1) is 16.3 Å². The molecule has 0 amide bonds. The minimum Gasteiger partial charge on any atom is -0.506 e. The predicted octanol–water partition coefficient (Wildman–Crippen LogP) is 9.38. The van der Waals surface area contributed by atoms with Crippen LogP contribution in [0.15, 0.2) is 66.4 Å². The van der Waals surface area contributed by atoms with Gasteiger partial charge in [-0.05, 0) is 75.8 Å². The number of hydrogen-bond donors (Lipinski definition) is 3.